The molecule has 1 saturated carbocycles. The van der Waals surface area contributed by atoms with Gasteiger partial charge in [0.1, 0.15) is 5.75 Å². The van der Waals surface area contributed by atoms with E-state index in [2.05, 4.69) is 41.5 Å². The predicted molar refractivity (Wildman–Crippen MR) is 84.6 cm³/mol. The van der Waals surface area contributed by atoms with Crippen molar-refractivity contribution >= 4 is 0 Å². The number of hydrogen-bond acceptors (Lipinski definition) is 3. The third-order valence-corrected chi connectivity index (χ3v) is 4.43. The summed E-state index contributed by atoms with van der Waals surface area (Å²) in [4.78, 5) is 4.20. The molecule has 3 heteroatoms. The Kier molecular flexibility index (Phi) is 4.20. The molecule has 0 unspecified atom stereocenters. The van der Waals surface area contributed by atoms with Crippen LogP contribution in [-0.4, -0.2) is 18.1 Å². The fraction of sp³-hybridized carbons (Fsp3) is 0.389. The first-order valence-corrected chi connectivity index (χ1v) is 7.53. The van der Waals surface area contributed by atoms with Gasteiger partial charge in [0.15, 0.2) is 0 Å². The zero-order chi connectivity index (χ0) is 14.7. The van der Waals surface area contributed by atoms with Crippen LogP contribution in [0.2, 0.25) is 0 Å². The van der Waals surface area contributed by atoms with Crippen LogP contribution >= 0.6 is 0 Å². The van der Waals surface area contributed by atoms with E-state index in [1.165, 1.54) is 29.5 Å². The molecule has 1 heterocycles. The fourth-order valence-electron chi connectivity index (χ4n) is 2.89. The Balaban J connectivity index is 1.51. The van der Waals surface area contributed by atoms with Gasteiger partial charge in [-0.1, -0.05) is 12.1 Å². The average Bonchev–Trinajstić information content (AvgIpc) is 2.47. The van der Waals surface area contributed by atoms with Gasteiger partial charge < -0.3 is 10.1 Å². The molecule has 3 rings (SSSR count). The standard InChI is InChI=1S/C18H22N2O/c1-13-6-7-19-11-16(13)12-20-17-8-15(9-17)14-4-3-5-18(10-14)21-2/h3-7,10-11,15,17,20H,8-9,12H2,1-2H3. The summed E-state index contributed by atoms with van der Waals surface area (Å²) in [5, 5.41) is 3.63. The van der Waals surface area contributed by atoms with Crippen LogP contribution in [0.3, 0.4) is 0 Å². The number of methoxy groups -OCH3 is 1. The van der Waals surface area contributed by atoms with Gasteiger partial charge in [-0.2, -0.15) is 0 Å². The Morgan fingerprint density at radius 1 is 1.29 bits per heavy atom. The maximum Gasteiger partial charge on any atom is 0.119 e. The minimum Gasteiger partial charge on any atom is -0.497 e. The molecule has 1 N–H and O–H groups in total. The van der Waals surface area contributed by atoms with Crippen LogP contribution in [-0.2, 0) is 6.54 Å². The molecule has 0 atom stereocenters. The molecule has 0 aliphatic heterocycles. The first-order valence-electron chi connectivity index (χ1n) is 7.53. The second-order valence-corrected chi connectivity index (χ2v) is 5.82. The molecule has 110 valence electrons. The monoisotopic (exact) mass is 282 g/mol. The zero-order valence-corrected chi connectivity index (χ0v) is 12.7. The summed E-state index contributed by atoms with van der Waals surface area (Å²) in [6, 6.07) is 11.1. The number of nitrogens with one attached hydrogen (secondary N) is 1. The quantitative estimate of drug-likeness (QED) is 0.912. The highest BCUT2D eigenvalue weighted by atomic mass is 16.5. The van der Waals surface area contributed by atoms with Gasteiger partial charge >= 0.3 is 0 Å². The van der Waals surface area contributed by atoms with Crippen molar-refractivity contribution in [3.63, 3.8) is 0 Å². The summed E-state index contributed by atoms with van der Waals surface area (Å²) < 4.78 is 5.30. The van der Waals surface area contributed by atoms with Crippen LogP contribution in [0.1, 0.15) is 35.4 Å². The Morgan fingerprint density at radius 2 is 2.14 bits per heavy atom. The number of aromatic nitrogens is 1. The van der Waals surface area contributed by atoms with Gasteiger partial charge in [-0.25, -0.2) is 0 Å². The van der Waals surface area contributed by atoms with E-state index in [-0.39, 0.29) is 0 Å². The molecule has 0 bridgehead atoms. The molecule has 0 spiro atoms. The topological polar surface area (TPSA) is 34.1 Å². The van der Waals surface area contributed by atoms with E-state index in [1.807, 2.05) is 18.5 Å². The van der Waals surface area contributed by atoms with Gasteiger partial charge in [-0.3, -0.25) is 4.98 Å². The molecular weight excluding hydrogens is 260 g/mol. The fourth-order valence-corrected chi connectivity index (χ4v) is 2.89. The van der Waals surface area contributed by atoms with Crippen LogP contribution in [0, 0.1) is 6.92 Å². The van der Waals surface area contributed by atoms with Gasteiger partial charge in [0.05, 0.1) is 7.11 Å². The Hall–Kier alpha value is -1.87. The molecule has 0 radical (unpaired) electrons. The van der Waals surface area contributed by atoms with Crippen molar-refractivity contribution in [2.24, 2.45) is 0 Å². The lowest BCUT2D eigenvalue weighted by Gasteiger charge is -2.36. The molecule has 3 nitrogen and oxygen atoms in total. The van der Waals surface area contributed by atoms with Gasteiger partial charge in [0, 0.05) is 25.0 Å². The van der Waals surface area contributed by atoms with Gasteiger partial charge in [-0.15, -0.1) is 0 Å². The van der Waals surface area contributed by atoms with Crippen molar-refractivity contribution in [2.45, 2.75) is 38.3 Å². The summed E-state index contributed by atoms with van der Waals surface area (Å²) in [5.41, 5.74) is 3.99. The molecule has 0 amide bonds. The number of benzene rings is 1. The largest absolute Gasteiger partial charge is 0.497 e. The van der Waals surface area contributed by atoms with Crippen LogP contribution in [0.15, 0.2) is 42.7 Å². The molecular formula is C18H22N2O. The van der Waals surface area contributed by atoms with Gasteiger partial charge in [-0.05, 0) is 60.6 Å². The first kappa shape index (κ1) is 14.1. The molecule has 1 aromatic heterocycles. The zero-order valence-electron chi connectivity index (χ0n) is 12.7. The molecule has 2 aromatic rings. The highest BCUT2D eigenvalue weighted by Gasteiger charge is 2.30. The Labute approximate surface area is 126 Å². The van der Waals surface area contributed by atoms with Crippen molar-refractivity contribution in [3.05, 3.63) is 59.4 Å². The summed E-state index contributed by atoms with van der Waals surface area (Å²) >= 11 is 0. The molecule has 1 aromatic carbocycles. The number of hydrogen-bond donors (Lipinski definition) is 1. The van der Waals surface area contributed by atoms with E-state index in [4.69, 9.17) is 4.74 Å². The minimum absolute atomic E-state index is 0.612. The van der Waals surface area contributed by atoms with Crippen molar-refractivity contribution < 1.29 is 4.74 Å². The highest BCUT2D eigenvalue weighted by molar-refractivity contribution is 5.32. The Bertz CT molecular complexity index is 606. The number of nitrogens with zero attached hydrogens (tertiary/aromatic N) is 1. The van der Waals surface area contributed by atoms with Crippen LogP contribution in [0.5, 0.6) is 5.75 Å². The Morgan fingerprint density at radius 3 is 2.90 bits per heavy atom. The summed E-state index contributed by atoms with van der Waals surface area (Å²) in [5.74, 6) is 1.61. The van der Waals surface area contributed by atoms with E-state index >= 15 is 0 Å². The summed E-state index contributed by atoms with van der Waals surface area (Å²) in [6.45, 7) is 3.05. The molecule has 21 heavy (non-hydrogen) atoms. The highest BCUT2D eigenvalue weighted by Crippen LogP contribution is 2.38. The number of aryl methyl sites for hydroxylation is 1. The van der Waals surface area contributed by atoms with Crippen LogP contribution < -0.4 is 10.1 Å². The smallest absolute Gasteiger partial charge is 0.119 e. The van der Waals surface area contributed by atoms with E-state index in [0.29, 0.717) is 12.0 Å². The SMILES string of the molecule is COc1cccc(C2CC(NCc3cnccc3C)C2)c1. The molecule has 1 aliphatic carbocycles. The van der Waals surface area contributed by atoms with E-state index < -0.39 is 0 Å². The third-order valence-electron chi connectivity index (χ3n) is 4.43. The van der Waals surface area contributed by atoms with Crippen LogP contribution in [0.4, 0.5) is 0 Å². The summed E-state index contributed by atoms with van der Waals surface area (Å²) in [7, 11) is 1.72. The normalized spacial score (nSPS) is 20.9. The minimum atomic E-state index is 0.612. The van der Waals surface area contributed by atoms with Crippen molar-refractivity contribution in [2.75, 3.05) is 7.11 Å². The number of ether oxygens (including phenoxy) is 1. The number of rotatable bonds is 5. The maximum atomic E-state index is 5.30. The van der Waals surface area contributed by atoms with Crippen molar-refractivity contribution in [1.29, 1.82) is 0 Å². The van der Waals surface area contributed by atoms with E-state index in [9.17, 15) is 0 Å². The average molecular weight is 282 g/mol. The lowest BCUT2D eigenvalue weighted by molar-refractivity contribution is 0.288. The van der Waals surface area contributed by atoms with Crippen LogP contribution in [0.25, 0.3) is 0 Å². The lowest BCUT2D eigenvalue weighted by Crippen LogP contribution is -2.39. The maximum absolute atomic E-state index is 5.30. The lowest BCUT2D eigenvalue weighted by atomic mass is 9.76. The molecule has 1 aliphatic rings. The van der Waals surface area contributed by atoms with E-state index in [0.717, 1.165) is 12.3 Å². The van der Waals surface area contributed by atoms with E-state index in [1.54, 1.807) is 7.11 Å². The first-order chi connectivity index (χ1) is 10.3. The summed E-state index contributed by atoms with van der Waals surface area (Å²) in [6.07, 6.45) is 6.21. The van der Waals surface area contributed by atoms with Gasteiger partial charge in [0.25, 0.3) is 0 Å². The van der Waals surface area contributed by atoms with Crippen molar-refractivity contribution in [3.8, 4) is 5.75 Å². The second kappa shape index (κ2) is 6.27. The van der Waals surface area contributed by atoms with Gasteiger partial charge in [0.2, 0.25) is 0 Å². The molecule has 1 fully saturated rings. The second-order valence-electron chi connectivity index (χ2n) is 5.82. The van der Waals surface area contributed by atoms with Crippen molar-refractivity contribution in [1.82, 2.24) is 10.3 Å². The predicted octanol–water partition coefficient (Wildman–Crippen LogP) is 3.43. The number of pyridine rings is 1. The molecule has 0 saturated heterocycles. The third kappa shape index (κ3) is 3.24.